The maximum absolute atomic E-state index is 9.22. The molecule has 2 N–H and O–H groups in total. The molecule has 0 saturated carbocycles. The van der Waals surface area contributed by atoms with Crippen molar-refractivity contribution in [2.75, 3.05) is 32.1 Å². The van der Waals surface area contributed by atoms with Crippen LogP contribution in [0.1, 0.15) is 6.42 Å². The van der Waals surface area contributed by atoms with Gasteiger partial charge in [0.05, 0.1) is 5.39 Å². The van der Waals surface area contributed by atoms with E-state index in [1.54, 1.807) is 18.3 Å². The number of fused-ring (bicyclic) bond motifs is 1. The zero-order valence-electron chi connectivity index (χ0n) is 11.7. The Morgan fingerprint density at radius 2 is 2.25 bits per heavy atom. The van der Waals surface area contributed by atoms with Crippen LogP contribution in [-0.2, 0) is 0 Å². The fourth-order valence-electron chi connectivity index (χ4n) is 2.70. The molecule has 0 spiro atoms. The van der Waals surface area contributed by atoms with Gasteiger partial charge in [0.1, 0.15) is 17.1 Å². The average molecular weight is 275 g/mol. The van der Waals surface area contributed by atoms with Gasteiger partial charge in [0.25, 0.3) is 0 Å². The Bertz CT molecular complexity index is 614. The van der Waals surface area contributed by atoms with Gasteiger partial charge in [0, 0.05) is 25.3 Å². The molecule has 0 bridgehead atoms. The van der Waals surface area contributed by atoms with E-state index in [0.717, 1.165) is 30.7 Å². The Balaban J connectivity index is 1.96. The zero-order chi connectivity index (χ0) is 14.3. The van der Waals surface area contributed by atoms with Gasteiger partial charge in [-0.1, -0.05) is 0 Å². The van der Waals surface area contributed by atoms with E-state index < -0.39 is 7.12 Å². The third-order valence-electron chi connectivity index (χ3n) is 3.89. The number of anilines is 1. The second-order valence-electron chi connectivity index (χ2n) is 5.42. The Hall–Kier alpha value is -1.57. The van der Waals surface area contributed by atoms with E-state index in [0.29, 0.717) is 11.6 Å². The van der Waals surface area contributed by atoms with Crippen LogP contribution in [0.2, 0.25) is 0 Å². The number of aromatic nitrogens is 1. The second kappa shape index (κ2) is 5.08. The summed E-state index contributed by atoms with van der Waals surface area (Å²) >= 11 is 0. The minimum Gasteiger partial charge on any atom is -0.464 e. The van der Waals surface area contributed by atoms with Crippen LogP contribution in [0.3, 0.4) is 0 Å². The number of hydrogen-bond donors (Lipinski definition) is 2. The first kappa shape index (κ1) is 13.4. The van der Waals surface area contributed by atoms with E-state index in [1.165, 1.54) is 0 Å². The molecule has 1 fully saturated rings. The van der Waals surface area contributed by atoms with Gasteiger partial charge in [-0.15, -0.1) is 0 Å². The molecule has 0 aliphatic carbocycles. The minimum absolute atomic E-state index is 0.151. The summed E-state index contributed by atoms with van der Waals surface area (Å²) in [5.74, 6) is 0.850. The van der Waals surface area contributed by atoms with E-state index in [9.17, 15) is 10.0 Å². The van der Waals surface area contributed by atoms with Crippen LogP contribution in [0.4, 0.5) is 5.82 Å². The Labute approximate surface area is 117 Å². The molecule has 6 nitrogen and oxygen atoms in total. The summed E-state index contributed by atoms with van der Waals surface area (Å²) in [5.41, 5.74) is 0.781. The zero-order valence-corrected chi connectivity index (χ0v) is 11.7. The number of furan rings is 1. The van der Waals surface area contributed by atoms with Crippen LogP contribution in [0.5, 0.6) is 0 Å². The molecule has 0 amide bonds. The standard InChI is InChI=1S/C13H18BN3O3/c1-16(2)9-4-6-17(8-9)13-10-7-12(14(18)19)20-11(10)3-5-15-13/h3,5,7,9,18-19H,4,6,8H2,1-2H3/t9-/m1/s1. The fraction of sp³-hybridized carbons (Fsp3) is 0.462. The van der Waals surface area contributed by atoms with Gasteiger partial charge < -0.3 is 24.3 Å². The highest BCUT2D eigenvalue weighted by Crippen LogP contribution is 2.28. The summed E-state index contributed by atoms with van der Waals surface area (Å²) in [6.45, 7) is 1.86. The summed E-state index contributed by atoms with van der Waals surface area (Å²) in [4.78, 5) is 8.88. The monoisotopic (exact) mass is 275 g/mol. The van der Waals surface area contributed by atoms with Crippen LogP contribution in [0, 0.1) is 0 Å². The predicted molar refractivity (Wildman–Crippen MR) is 78.1 cm³/mol. The smallest absolute Gasteiger partial charge is 0.464 e. The van der Waals surface area contributed by atoms with Crippen LogP contribution in [0.25, 0.3) is 11.0 Å². The van der Waals surface area contributed by atoms with Gasteiger partial charge >= 0.3 is 7.12 Å². The van der Waals surface area contributed by atoms with Crippen molar-refractivity contribution in [3.05, 3.63) is 18.3 Å². The van der Waals surface area contributed by atoms with Crippen molar-refractivity contribution in [1.82, 2.24) is 9.88 Å². The van der Waals surface area contributed by atoms with Crippen molar-refractivity contribution in [1.29, 1.82) is 0 Å². The number of rotatable bonds is 3. The SMILES string of the molecule is CN(C)[C@@H]1CCN(c2nccc3oc(B(O)O)cc23)C1. The Morgan fingerprint density at radius 3 is 2.90 bits per heavy atom. The summed E-state index contributed by atoms with van der Waals surface area (Å²) in [6.07, 6.45) is 2.79. The molecular formula is C13H18BN3O3. The molecule has 0 radical (unpaired) electrons. The molecule has 7 heteroatoms. The first-order chi connectivity index (χ1) is 9.56. The maximum atomic E-state index is 9.22. The third-order valence-corrected chi connectivity index (χ3v) is 3.89. The lowest BCUT2D eigenvalue weighted by atomic mass is 9.88. The summed E-state index contributed by atoms with van der Waals surface area (Å²) in [6, 6.07) is 3.91. The van der Waals surface area contributed by atoms with Crippen LogP contribution >= 0.6 is 0 Å². The molecule has 1 aliphatic rings. The summed E-state index contributed by atoms with van der Waals surface area (Å²) < 4.78 is 5.43. The van der Waals surface area contributed by atoms with Crippen molar-refractivity contribution in [2.24, 2.45) is 0 Å². The molecule has 1 atom stereocenters. The van der Waals surface area contributed by atoms with Gasteiger partial charge in [-0.05, 0) is 32.6 Å². The van der Waals surface area contributed by atoms with E-state index in [2.05, 4.69) is 28.9 Å². The lowest BCUT2D eigenvalue weighted by molar-refractivity contribution is 0.315. The highest BCUT2D eigenvalue weighted by Gasteiger charge is 2.27. The van der Waals surface area contributed by atoms with Gasteiger partial charge in [0.15, 0.2) is 0 Å². The number of hydrogen-bond acceptors (Lipinski definition) is 6. The van der Waals surface area contributed by atoms with E-state index >= 15 is 0 Å². The van der Waals surface area contributed by atoms with Crippen molar-refractivity contribution in [3.8, 4) is 0 Å². The molecule has 3 rings (SSSR count). The molecule has 2 aromatic heterocycles. The normalized spacial score (nSPS) is 19.2. The minimum atomic E-state index is -1.59. The lowest BCUT2D eigenvalue weighted by Crippen LogP contribution is -2.31. The molecular weight excluding hydrogens is 257 g/mol. The predicted octanol–water partition coefficient (Wildman–Crippen LogP) is -0.352. The second-order valence-corrected chi connectivity index (χ2v) is 5.42. The molecule has 1 saturated heterocycles. The molecule has 106 valence electrons. The van der Waals surface area contributed by atoms with Crippen molar-refractivity contribution in [3.63, 3.8) is 0 Å². The first-order valence-electron chi connectivity index (χ1n) is 6.72. The Morgan fingerprint density at radius 1 is 1.45 bits per heavy atom. The van der Waals surface area contributed by atoms with Crippen molar-refractivity contribution in [2.45, 2.75) is 12.5 Å². The quantitative estimate of drug-likeness (QED) is 0.746. The van der Waals surface area contributed by atoms with Gasteiger partial charge in [-0.25, -0.2) is 4.98 Å². The molecule has 20 heavy (non-hydrogen) atoms. The van der Waals surface area contributed by atoms with Gasteiger partial charge in [-0.3, -0.25) is 0 Å². The van der Waals surface area contributed by atoms with Crippen LogP contribution in [0.15, 0.2) is 22.7 Å². The first-order valence-corrected chi connectivity index (χ1v) is 6.72. The lowest BCUT2D eigenvalue weighted by Gasteiger charge is -2.21. The van der Waals surface area contributed by atoms with Crippen molar-refractivity contribution < 1.29 is 14.5 Å². The highest BCUT2D eigenvalue weighted by atomic mass is 16.4. The highest BCUT2D eigenvalue weighted by molar-refractivity contribution is 6.57. The van der Waals surface area contributed by atoms with Crippen LogP contribution < -0.4 is 10.6 Å². The number of likely N-dealkylation sites (N-methyl/N-ethyl adjacent to an activating group) is 1. The van der Waals surface area contributed by atoms with E-state index in [-0.39, 0.29) is 5.66 Å². The van der Waals surface area contributed by atoms with Crippen molar-refractivity contribution >= 4 is 29.6 Å². The van der Waals surface area contributed by atoms with Crippen LogP contribution in [-0.4, -0.2) is 60.3 Å². The maximum Gasteiger partial charge on any atom is 0.526 e. The molecule has 2 aromatic rings. The molecule has 3 heterocycles. The fourth-order valence-corrected chi connectivity index (χ4v) is 2.70. The summed E-state index contributed by atoms with van der Waals surface area (Å²) in [7, 11) is 2.57. The Kier molecular flexibility index (Phi) is 3.41. The van der Waals surface area contributed by atoms with Gasteiger partial charge in [-0.2, -0.15) is 0 Å². The molecule has 0 aromatic carbocycles. The van der Waals surface area contributed by atoms with E-state index in [4.69, 9.17) is 4.42 Å². The molecule has 0 unspecified atom stereocenters. The van der Waals surface area contributed by atoms with E-state index in [1.807, 2.05) is 0 Å². The number of nitrogens with zero attached hydrogens (tertiary/aromatic N) is 3. The van der Waals surface area contributed by atoms with Gasteiger partial charge in [0.2, 0.25) is 0 Å². The molecule has 1 aliphatic heterocycles. The number of pyridine rings is 1. The topological polar surface area (TPSA) is 73.0 Å². The largest absolute Gasteiger partial charge is 0.526 e. The summed E-state index contributed by atoms with van der Waals surface area (Å²) in [5, 5.41) is 19.3. The third kappa shape index (κ3) is 2.28. The average Bonchev–Trinajstić information content (AvgIpc) is 3.05.